The summed E-state index contributed by atoms with van der Waals surface area (Å²) in [5, 5.41) is 0.902. The molecule has 2 nitrogen and oxygen atoms in total. The first-order chi connectivity index (χ1) is 10.7. The quantitative estimate of drug-likeness (QED) is 0.799. The van der Waals surface area contributed by atoms with Crippen LogP contribution in [0.3, 0.4) is 0 Å². The van der Waals surface area contributed by atoms with Gasteiger partial charge in [0.15, 0.2) is 0 Å². The zero-order valence-corrected chi connectivity index (χ0v) is 14.2. The molecule has 0 spiro atoms. The molecule has 3 atom stereocenters. The van der Waals surface area contributed by atoms with Gasteiger partial charge in [-0.2, -0.15) is 0 Å². The van der Waals surface area contributed by atoms with Crippen LogP contribution >= 0.6 is 11.6 Å². The van der Waals surface area contributed by atoms with Crippen LogP contribution in [-0.4, -0.2) is 31.1 Å². The van der Waals surface area contributed by atoms with Crippen LogP contribution in [0.4, 0.5) is 0 Å². The summed E-state index contributed by atoms with van der Waals surface area (Å²) in [6, 6.07) is 6.97. The Balaban J connectivity index is 1.41. The molecule has 3 fully saturated rings. The Morgan fingerprint density at radius 2 is 1.91 bits per heavy atom. The Morgan fingerprint density at radius 3 is 2.55 bits per heavy atom. The van der Waals surface area contributed by atoms with Crippen LogP contribution in [0.5, 0.6) is 5.75 Å². The van der Waals surface area contributed by atoms with E-state index in [1.807, 2.05) is 12.1 Å². The third-order valence-corrected chi connectivity index (χ3v) is 6.69. The molecule has 1 aliphatic heterocycles. The first-order valence-corrected chi connectivity index (χ1v) is 9.20. The van der Waals surface area contributed by atoms with Crippen LogP contribution in [-0.2, 0) is 0 Å². The Hall–Kier alpha value is -0.730. The third-order valence-electron chi connectivity index (χ3n) is 6.34. The summed E-state index contributed by atoms with van der Waals surface area (Å²) in [6.07, 6.45) is 8.43. The van der Waals surface area contributed by atoms with Gasteiger partial charge in [-0.3, -0.25) is 0 Å². The number of methoxy groups -OCH3 is 1. The van der Waals surface area contributed by atoms with E-state index in [0.717, 1.165) is 28.6 Å². The monoisotopic (exact) mass is 319 g/mol. The molecular weight excluding hydrogens is 294 g/mol. The van der Waals surface area contributed by atoms with Crippen molar-refractivity contribution in [1.82, 2.24) is 4.90 Å². The highest BCUT2D eigenvalue weighted by Gasteiger charge is 2.42. The van der Waals surface area contributed by atoms with Gasteiger partial charge >= 0.3 is 0 Å². The van der Waals surface area contributed by atoms with Gasteiger partial charge in [0.25, 0.3) is 0 Å². The molecule has 2 aliphatic carbocycles. The predicted molar refractivity (Wildman–Crippen MR) is 90.8 cm³/mol. The van der Waals surface area contributed by atoms with E-state index in [1.54, 1.807) is 7.11 Å². The van der Waals surface area contributed by atoms with Gasteiger partial charge in [-0.05, 0) is 86.7 Å². The van der Waals surface area contributed by atoms with E-state index in [0.29, 0.717) is 5.92 Å². The average molecular weight is 320 g/mol. The van der Waals surface area contributed by atoms with Crippen LogP contribution in [0.2, 0.25) is 5.02 Å². The standard InChI is InChI=1S/C19H26ClNO/c1-22-16-4-5-18(20)17(12-16)14-6-8-21(9-7-14)19-11-13-2-3-15(19)10-13/h4-5,12-15,19H,2-3,6-11H2,1H3/t13-,15-,19?/m0/s1. The maximum atomic E-state index is 6.43. The smallest absolute Gasteiger partial charge is 0.119 e. The predicted octanol–water partition coefficient (Wildman–Crippen LogP) is 4.72. The van der Waals surface area contributed by atoms with E-state index in [9.17, 15) is 0 Å². The number of fused-ring (bicyclic) bond motifs is 2. The zero-order valence-electron chi connectivity index (χ0n) is 13.4. The van der Waals surface area contributed by atoms with Crippen LogP contribution in [0, 0.1) is 11.8 Å². The summed E-state index contributed by atoms with van der Waals surface area (Å²) in [7, 11) is 1.73. The van der Waals surface area contributed by atoms with E-state index in [4.69, 9.17) is 16.3 Å². The number of hydrogen-bond donors (Lipinski definition) is 0. The molecule has 3 aliphatic rings. The van der Waals surface area contributed by atoms with Gasteiger partial charge in [0.2, 0.25) is 0 Å². The highest BCUT2D eigenvalue weighted by Crippen LogP contribution is 2.47. The summed E-state index contributed by atoms with van der Waals surface area (Å²) >= 11 is 6.43. The zero-order chi connectivity index (χ0) is 15.1. The number of benzene rings is 1. The number of halogens is 1. The minimum absolute atomic E-state index is 0.595. The van der Waals surface area contributed by atoms with Crippen LogP contribution in [0.1, 0.15) is 50.0 Å². The van der Waals surface area contributed by atoms with Crippen molar-refractivity contribution in [3.63, 3.8) is 0 Å². The molecule has 1 aromatic carbocycles. The molecular formula is C19H26ClNO. The molecule has 2 saturated carbocycles. The molecule has 0 N–H and O–H groups in total. The maximum absolute atomic E-state index is 6.43. The molecule has 3 heteroatoms. The molecule has 1 unspecified atom stereocenters. The molecule has 120 valence electrons. The molecule has 0 amide bonds. The molecule has 4 rings (SSSR count). The number of ether oxygens (including phenoxy) is 1. The van der Waals surface area contributed by atoms with Crippen molar-refractivity contribution in [2.75, 3.05) is 20.2 Å². The second-order valence-electron chi connectivity index (χ2n) is 7.44. The molecule has 0 radical (unpaired) electrons. The van der Waals surface area contributed by atoms with Gasteiger partial charge in [-0.25, -0.2) is 0 Å². The summed E-state index contributed by atoms with van der Waals surface area (Å²) in [4.78, 5) is 2.79. The SMILES string of the molecule is COc1ccc(Cl)c(C2CCN(C3C[C@H]4CC[C@H]3C4)CC2)c1. The lowest BCUT2D eigenvalue weighted by atomic mass is 9.86. The Morgan fingerprint density at radius 1 is 1.09 bits per heavy atom. The Bertz CT molecular complexity index is 538. The highest BCUT2D eigenvalue weighted by atomic mass is 35.5. The summed E-state index contributed by atoms with van der Waals surface area (Å²) in [5.74, 6) is 3.56. The van der Waals surface area contributed by atoms with Crippen molar-refractivity contribution in [2.24, 2.45) is 11.8 Å². The van der Waals surface area contributed by atoms with Crippen molar-refractivity contribution < 1.29 is 4.74 Å². The molecule has 0 aromatic heterocycles. The van der Waals surface area contributed by atoms with Crippen LogP contribution in [0.25, 0.3) is 0 Å². The van der Waals surface area contributed by atoms with Crippen molar-refractivity contribution in [3.05, 3.63) is 28.8 Å². The van der Waals surface area contributed by atoms with Crippen LogP contribution < -0.4 is 4.74 Å². The van der Waals surface area contributed by atoms with E-state index in [-0.39, 0.29) is 0 Å². The maximum Gasteiger partial charge on any atom is 0.119 e. The van der Waals surface area contributed by atoms with Gasteiger partial charge in [-0.1, -0.05) is 18.0 Å². The fourth-order valence-corrected chi connectivity index (χ4v) is 5.43. The van der Waals surface area contributed by atoms with Gasteiger partial charge in [-0.15, -0.1) is 0 Å². The minimum atomic E-state index is 0.595. The number of hydrogen-bond acceptors (Lipinski definition) is 2. The number of nitrogens with zero attached hydrogens (tertiary/aromatic N) is 1. The fourth-order valence-electron chi connectivity index (χ4n) is 5.16. The van der Waals surface area contributed by atoms with Gasteiger partial charge in [0.05, 0.1) is 7.11 Å². The molecule has 1 saturated heterocycles. The van der Waals surface area contributed by atoms with E-state index in [1.165, 1.54) is 57.2 Å². The lowest BCUT2D eigenvalue weighted by molar-refractivity contribution is 0.111. The second kappa shape index (κ2) is 6.05. The highest BCUT2D eigenvalue weighted by molar-refractivity contribution is 6.31. The number of piperidine rings is 1. The van der Waals surface area contributed by atoms with Crippen molar-refractivity contribution in [2.45, 2.75) is 50.5 Å². The minimum Gasteiger partial charge on any atom is -0.497 e. The van der Waals surface area contributed by atoms with E-state index < -0.39 is 0 Å². The Kier molecular flexibility index (Phi) is 4.08. The molecule has 2 bridgehead atoms. The number of likely N-dealkylation sites (tertiary alicyclic amines) is 1. The van der Waals surface area contributed by atoms with Gasteiger partial charge < -0.3 is 9.64 Å². The largest absolute Gasteiger partial charge is 0.497 e. The first-order valence-electron chi connectivity index (χ1n) is 8.82. The summed E-state index contributed by atoms with van der Waals surface area (Å²) in [6.45, 7) is 2.48. The van der Waals surface area contributed by atoms with E-state index >= 15 is 0 Å². The second-order valence-corrected chi connectivity index (χ2v) is 7.85. The molecule has 1 heterocycles. The lowest BCUT2D eigenvalue weighted by Crippen LogP contribution is -2.43. The van der Waals surface area contributed by atoms with Crippen molar-refractivity contribution >= 4 is 11.6 Å². The average Bonchev–Trinajstić information content (AvgIpc) is 3.19. The number of rotatable bonds is 3. The molecule has 1 aromatic rings. The lowest BCUT2D eigenvalue weighted by Gasteiger charge is -2.40. The fraction of sp³-hybridized carbons (Fsp3) is 0.684. The first kappa shape index (κ1) is 14.8. The van der Waals surface area contributed by atoms with E-state index in [2.05, 4.69) is 11.0 Å². The normalized spacial score (nSPS) is 32.5. The van der Waals surface area contributed by atoms with Gasteiger partial charge in [0, 0.05) is 11.1 Å². The third kappa shape index (κ3) is 2.65. The topological polar surface area (TPSA) is 12.5 Å². The van der Waals surface area contributed by atoms with Crippen molar-refractivity contribution in [1.29, 1.82) is 0 Å². The van der Waals surface area contributed by atoms with Gasteiger partial charge in [0.1, 0.15) is 5.75 Å². The molecule has 22 heavy (non-hydrogen) atoms. The summed E-state index contributed by atoms with van der Waals surface area (Å²) in [5.41, 5.74) is 1.29. The Labute approximate surface area is 138 Å². The van der Waals surface area contributed by atoms with Crippen molar-refractivity contribution in [3.8, 4) is 5.75 Å². The summed E-state index contributed by atoms with van der Waals surface area (Å²) < 4.78 is 5.37. The van der Waals surface area contributed by atoms with Crippen LogP contribution in [0.15, 0.2) is 18.2 Å².